The zero-order valence-corrected chi connectivity index (χ0v) is 19.1. The molecule has 1 aliphatic heterocycles. The largest absolute Gasteiger partial charge is 0.490 e. The molecule has 1 aromatic heterocycles. The predicted octanol–water partition coefficient (Wildman–Crippen LogP) is 2.70. The molecule has 11 heteroatoms. The minimum atomic E-state index is -1.04. The molecule has 35 heavy (non-hydrogen) atoms. The number of nitrogens with one attached hydrogen (secondary N) is 1. The van der Waals surface area contributed by atoms with Crippen LogP contribution < -0.4 is 31.2 Å². The molecule has 0 bridgehead atoms. The molecular formula is C24H18ClN5O5. The van der Waals surface area contributed by atoms with Gasteiger partial charge in [0.2, 0.25) is 11.8 Å². The van der Waals surface area contributed by atoms with Gasteiger partial charge in [0.25, 0.3) is 5.56 Å². The van der Waals surface area contributed by atoms with Crippen LogP contribution in [0.4, 0.5) is 0 Å². The van der Waals surface area contributed by atoms with E-state index in [1.165, 1.54) is 10.6 Å². The molecule has 0 radical (unpaired) electrons. The number of para-hydroxylation sites is 1. The molecule has 3 aromatic rings. The molecule has 3 N–H and O–H groups in total. The van der Waals surface area contributed by atoms with Gasteiger partial charge in [-0.1, -0.05) is 29.8 Å². The van der Waals surface area contributed by atoms with Crippen LogP contribution in [0.5, 0.6) is 17.4 Å². The number of allylic oxidation sites excluding steroid dienone is 1. The fourth-order valence-electron chi connectivity index (χ4n) is 3.86. The monoisotopic (exact) mass is 491 g/mol. The van der Waals surface area contributed by atoms with Crippen molar-refractivity contribution in [2.24, 2.45) is 5.73 Å². The molecule has 2 heterocycles. The van der Waals surface area contributed by atoms with Crippen molar-refractivity contribution in [3.63, 3.8) is 0 Å². The van der Waals surface area contributed by atoms with Crippen LogP contribution in [0.15, 0.2) is 63.5 Å². The molecule has 0 amide bonds. The summed E-state index contributed by atoms with van der Waals surface area (Å²) in [5, 5.41) is 18.9. The van der Waals surface area contributed by atoms with Crippen molar-refractivity contribution in [1.29, 1.82) is 10.5 Å². The average molecular weight is 492 g/mol. The Balaban J connectivity index is 2.02. The number of ether oxygens (including phenoxy) is 3. The smallest absolute Gasteiger partial charge is 0.335 e. The standard InChI is InChI=1S/C24H18ClN5O5/c1-2-33-17-11-13(10-16(25)20(17)34-9-8-26)18-15(12-27)21(28)35-23-19(18)22(31)29-24(32)30(23)14-6-4-3-5-7-14/h3-7,10-11,18H,2,9,28H2,1H3,(H,29,31,32)/t18-/m1/s1. The summed E-state index contributed by atoms with van der Waals surface area (Å²) in [6.45, 7) is 1.74. The normalized spacial score (nSPS) is 14.3. The fraction of sp³-hybridized carbons (Fsp3) is 0.167. The Morgan fingerprint density at radius 3 is 2.60 bits per heavy atom. The molecule has 0 saturated heterocycles. The second-order valence-electron chi connectivity index (χ2n) is 7.28. The summed E-state index contributed by atoms with van der Waals surface area (Å²) in [4.78, 5) is 28.1. The summed E-state index contributed by atoms with van der Waals surface area (Å²) in [6.07, 6.45) is 0. The van der Waals surface area contributed by atoms with E-state index in [1.807, 2.05) is 12.1 Å². The van der Waals surface area contributed by atoms with Gasteiger partial charge in [-0.15, -0.1) is 0 Å². The highest BCUT2D eigenvalue weighted by Crippen LogP contribution is 2.45. The highest BCUT2D eigenvalue weighted by molar-refractivity contribution is 6.32. The minimum absolute atomic E-state index is 0.0107. The van der Waals surface area contributed by atoms with Crippen molar-refractivity contribution in [2.75, 3.05) is 13.2 Å². The topological polar surface area (TPSA) is 156 Å². The van der Waals surface area contributed by atoms with E-state index in [0.29, 0.717) is 11.3 Å². The maximum Gasteiger partial charge on any atom is 0.335 e. The predicted molar refractivity (Wildman–Crippen MR) is 126 cm³/mol. The lowest BCUT2D eigenvalue weighted by Crippen LogP contribution is -2.37. The number of fused-ring (bicyclic) bond motifs is 1. The van der Waals surface area contributed by atoms with Crippen LogP contribution in [-0.4, -0.2) is 22.8 Å². The van der Waals surface area contributed by atoms with Gasteiger partial charge >= 0.3 is 5.69 Å². The summed E-state index contributed by atoms with van der Waals surface area (Å²) in [5.74, 6) is -1.07. The van der Waals surface area contributed by atoms with Crippen LogP contribution in [0, 0.1) is 22.7 Å². The number of nitrogens with two attached hydrogens (primary N) is 1. The van der Waals surface area contributed by atoms with E-state index in [-0.39, 0.29) is 52.6 Å². The second kappa shape index (κ2) is 9.67. The third kappa shape index (κ3) is 4.19. The van der Waals surface area contributed by atoms with Gasteiger partial charge in [-0.2, -0.15) is 10.5 Å². The van der Waals surface area contributed by atoms with Crippen LogP contribution in [0.1, 0.15) is 24.0 Å². The molecule has 0 spiro atoms. The molecule has 2 aromatic carbocycles. The van der Waals surface area contributed by atoms with Gasteiger partial charge in [-0.25, -0.2) is 9.36 Å². The van der Waals surface area contributed by atoms with Gasteiger partial charge in [0, 0.05) is 0 Å². The third-order valence-electron chi connectivity index (χ3n) is 5.23. The lowest BCUT2D eigenvalue weighted by Gasteiger charge is -2.28. The second-order valence-corrected chi connectivity index (χ2v) is 7.69. The Labute approximate surface area is 204 Å². The summed E-state index contributed by atoms with van der Waals surface area (Å²) in [7, 11) is 0. The van der Waals surface area contributed by atoms with Crippen molar-refractivity contribution in [3.05, 3.63) is 90.9 Å². The number of hydrogen-bond donors (Lipinski definition) is 2. The molecule has 0 fully saturated rings. The Bertz CT molecular complexity index is 1530. The van der Waals surface area contributed by atoms with Gasteiger partial charge in [-0.05, 0) is 36.8 Å². The molecule has 0 saturated carbocycles. The van der Waals surface area contributed by atoms with Crippen molar-refractivity contribution in [2.45, 2.75) is 12.8 Å². The Kier molecular flexibility index (Phi) is 6.49. The molecule has 0 aliphatic carbocycles. The van der Waals surface area contributed by atoms with Crippen LogP contribution in [0.3, 0.4) is 0 Å². The van der Waals surface area contributed by atoms with Crippen molar-refractivity contribution in [3.8, 4) is 35.2 Å². The molecule has 1 aliphatic rings. The van der Waals surface area contributed by atoms with Crippen LogP contribution in [0.25, 0.3) is 5.69 Å². The lowest BCUT2D eigenvalue weighted by atomic mass is 9.85. The third-order valence-corrected chi connectivity index (χ3v) is 5.51. The van der Waals surface area contributed by atoms with Gasteiger partial charge in [0.1, 0.15) is 17.7 Å². The first kappa shape index (κ1) is 23.5. The molecule has 10 nitrogen and oxygen atoms in total. The molecule has 4 rings (SSSR count). The number of halogens is 1. The highest BCUT2D eigenvalue weighted by atomic mass is 35.5. The first-order valence-corrected chi connectivity index (χ1v) is 10.8. The number of aromatic nitrogens is 2. The zero-order chi connectivity index (χ0) is 25.1. The number of nitrogens with zero attached hydrogens (tertiary/aromatic N) is 3. The van der Waals surface area contributed by atoms with Crippen molar-refractivity contribution in [1.82, 2.24) is 9.55 Å². The van der Waals surface area contributed by atoms with Crippen LogP contribution in [0.2, 0.25) is 5.02 Å². The lowest BCUT2D eigenvalue weighted by molar-refractivity contribution is 0.298. The summed E-state index contributed by atoms with van der Waals surface area (Å²) >= 11 is 6.45. The number of aromatic amines is 1. The van der Waals surface area contributed by atoms with Crippen molar-refractivity contribution >= 4 is 11.6 Å². The molecular weight excluding hydrogens is 474 g/mol. The maximum absolute atomic E-state index is 13.1. The van der Waals surface area contributed by atoms with Gasteiger partial charge in [0.15, 0.2) is 18.1 Å². The number of nitriles is 2. The van der Waals surface area contributed by atoms with E-state index in [1.54, 1.807) is 43.3 Å². The van der Waals surface area contributed by atoms with Crippen molar-refractivity contribution < 1.29 is 14.2 Å². The number of rotatable bonds is 6. The van der Waals surface area contributed by atoms with E-state index in [9.17, 15) is 14.9 Å². The quantitative estimate of drug-likeness (QED) is 0.533. The Hall–Kier alpha value is -4.67. The molecule has 0 unspecified atom stereocenters. The first-order chi connectivity index (χ1) is 16.9. The molecule has 176 valence electrons. The SMILES string of the molecule is CCOc1cc([C@@H]2C(C#N)=C(N)Oc3c2c(=O)[nH]c(=O)n3-c2ccccc2)cc(Cl)c1OCC#N. The molecule has 1 atom stereocenters. The Morgan fingerprint density at radius 2 is 1.94 bits per heavy atom. The fourth-order valence-corrected chi connectivity index (χ4v) is 4.13. The van der Waals surface area contributed by atoms with Gasteiger partial charge in [-0.3, -0.25) is 9.78 Å². The zero-order valence-electron chi connectivity index (χ0n) is 18.4. The van der Waals surface area contributed by atoms with E-state index in [0.717, 1.165) is 0 Å². The van der Waals surface area contributed by atoms with Gasteiger partial charge in [0.05, 0.1) is 28.8 Å². The number of benzene rings is 2. The van der Waals surface area contributed by atoms with Crippen LogP contribution in [-0.2, 0) is 0 Å². The summed E-state index contributed by atoms with van der Waals surface area (Å²) < 4.78 is 17.9. The highest BCUT2D eigenvalue weighted by Gasteiger charge is 2.37. The van der Waals surface area contributed by atoms with Crippen LogP contribution >= 0.6 is 11.6 Å². The van der Waals surface area contributed by atoms with E-state index in [2.05, 4.69) is 4.98 Å². The average Bonchev–Trinajstić information content (AvgIpc) is 2.83. The van der Waals surface area contributed by atoms with E-state index >= 15 is 0 Å². The first-order valence-electron chi connectivity index (χ1n) is 10.4. The number of H-pyrrole nitrogens is 1. The maximum atomic E-state index is 13.1. The van der Waals surface area contributed by atoms with E-state index < -0.39 is 17.2 Å². The van der Waals surface area contributed by atoms with Gasteiger partial charge < -0.3 is 19.9 Å². The van der Waals surface area contributed by atoms with E-state index in [4.69, 9.17) is 36.8 Å². The Morgan fingerprint density at radius 1 is 1.20 bits per heavy atom. The minimum Gasteiger partial charge on any atom is -0.490 e. The number of hydrogen-bond acceptors (Lipinski definition) is 8. The summed E-state index contributed by atoms with van der Waals surface area (Å²) in [5.41, 5.74) is 5.34. The summed E-state index contributed by atoms with van der Waals surface area (Å²) in [6, 6.07) is 15.4.